The lowest BCUT2D eigenvalue weighted by Gasteiger charge is -2.29. The van der Waals surface area contributed by atoms with Gasteiger partial charge in [0, 0.05) is 5.92 Å². The van der Waals surface area contributed by atoms with Gasteiger partial charge in [-0.3, -0.25) is 9.59 Å². The summed E-state index contributed by atoms with van der Waals surface area (Å²) in [6, 6.07) is -0.442. The molecule has 0 aliphatic carbocycles. The van der Waals surface area contributed by atoms with E-state index >= 15 is 0 Å². The Morgan fingerprint density at radius 2 is 1.64 bits per heavy atom. The van der Waals surface area contributed by atoms with Crippen molar-refractivity contribution in [3.63, 3.8) is 0 Å². The minimum absolute atomic E-state index is 0.112. The Balaban J connectivity index is 2.25. The number of cyclic esters (lactones) is 1. The van der Waals surface area contributed by atoms with Crippen molar-refractivity contribution in [1.82, 2.24) is 4.90 Å². The molecular formula is C19H31NO5. The van der Waals surface area contributed by atoms with Crippen molar-refractivity contribution in [2.75, 3.05) is 0 Å². The van der Waals surface area contributed by atoms with Crippen molar-refractivity contribution in [2.24, 2.45) is 23.7 Å². The molecule has 2 aliphatic rings. The molecule has 2 rings (SSSR count). The molecule has 0 aromatic carbocycles. The lowest BCUT2D eigenvalue weighted by molar-refractivity contribution is -0.148. The standard InChI is InChI=1S/C19H31NO5/c1-10(2)12-8-14(15-9-13(11(3)4)17(22)24-15)20(16(12)21)18(23)25-19(5,6)7/h10-15H,8-9H2,1-7H3/t12-,13-,14?,15-/m0/s1. The van der Waals surface area contributed by atoms with Gasteiger partial charge < -0.3 is 9.47 Å². The molecule has 6 nitrogen and oxygen atoms in total. The first kappa shape index (κ1) is 19.7. The number of rotatable bonds is 3. The Bertz CT molecular complexity index is 549. The third-order valence-corrected chi connectivity index (χ3v) is 5.07. The summed E-state index contributed by atoms with van der Waals surface area (Å²) in [6.07, 6.45) is -0.0355. The fraction of sp³-hybridized carbons (Fsp3) is 0.842. The van der Waals surface area contributed by atoms with Gasteiger partial charge in [-0.05, 0) is 45.4 Å². The molecule has 2 heterocycles. The quantitative estimate of drug-likeness (QED) is 0.727. The van der Waals surface area contributed by atoms with Crippen molar-refractivity contribution in [3.05, 3.63) is 0 Å². The first-order valence-corrected chi connectivity index (χ1v) is 9.19. The summed E-state index contributed by atoms with van der Waals surface area (Å²) >= 11 is 0. The number of carbonyl (C=O) groups is 3. The molecule has 2 amide bonds. The number of hydrogen-bond donors (Lipinski definition) is 0. The first-order chi connectivity index (χ1) is 11.4. The van der Waals surface area contributed by atoms with Crippen LogP contribution in [0.5, 0.6) is 0 Å². The third-order valence-electron chi connectivity index (χ3n) is 5.07. The average molecular weight is 353 g/mol. The predicted octanol–water partition coefficient (Wildman–Crippen LogP) is 3.38. The molecule has 2 saturated heterocycles. The second kappa shape index (κ2) is 6.96. The Hall–Kier alpha value is -1.59. The Labute approximate surface area is 150 Å². The van der Waals surface area contributed by atoms with Crippen LogP contribution in [0.3, 0.4) is 0 Å². The number of ether oxygens (including phenoxy) is 2. The Kier molecular flexibility index (Phi) is 5.50. The van der Waals surface area contributed by atoms with E-state index in [0.29, 0.717) is 12.8 Å². The molecule has 0 bridgehead atoms. The maximum Gasteiger partial charge on any atom is 0.417 e. The summed E-state index contributed by atoms with van der Waals surface area (Å²) in [5.41, 5.74) is -0.690. The van der Waals surface area contributed by atoms with Gasteiger partial charge in [-0.2, -0.15) is 0 Å². The molecule has 25 heavy (non-hydrogen) atoms. The molecular weight excluding hydrogens is 322 g/mol. The largest absolute Gasteiger partial charge is 0.460 e. The monoisotopic (exact) mass is 353 g/mol. The van der Waals surface area contributed by atoms with E-state index in [4.69, 9.17) is 9.47 Å². The van der Waals surface area contributed by atoms with E-state index in [2.05, 4.69) is 0 Å². The maximum atomic E-state index is 12.8. The summed E-state index contributed by atoms with van der Waals surface area (Å²) in [7, 11) is 0. The van der Waals surface area contributed by atoms with Crippen molar-refractivity contribution >= 4 is 18.0 Å². The normalized spacial score (nSPS) is 30.4. The van der Waals surface area contributed by atoms with E-state index in [9.17, 15) is 14.4 Å². The molecule has 0 N–H and O–H groups in total. The second-order valence-corrected chi connectivity index (χ2v) is 8.90. The van der Waals surface area contributed by atoms with Gasteiger partial charge >= 0.3 is 12.1 Å². The lowest BCUT2D eigenvalue weighted by atomic mass is 9.88. The summed E-state index contributed by atoms with van der Waals surface area (Å²) in [6.45, 7) is 13.2. The number of carbonyl (C=O) groups excluding carboxylic acids is 3. The molecule has 0 aromatic heterocycles. The number of likely N-dealkylation sites (tertiary alicyclic amines) is 1. The van der Waals surface area contributed by atoms with Crippen LogP contribution in [0.2, 0.25) is 0 Å². The van der Waals surface area contributed by atoms with E-state index in [1.54, 1.807) is 20.8 Å². The highest BCUT2D eigenvalue weighted by Gasteiger charge is 2.52. The molecule has 4 atom stereocenters. The highest BCUT2D eigenvalue weighted by atomic mass is 16.6. The van der Waals surface area contributed by atoms with Gasteiger partial charge in [-0.15, -0.1) is 0 Å². The number of amides is 2. The number of hydrogen-bond acceptors (Lipinski definition) is 5. The Morgan fingerprint density at radius 3 is 2.08 bits per heavy atom. The van der Waals surface area contributed by atoms with Crippen LogP contribution >= 0.6 is 0 Å². The van der Waals surface area contributed by atoms with Crippen molar-refractivity contribution in [1.29, 1.82) is 0 Å². The summed E-state index contributed by atoms with van der Waals surface area (Å²) < 4.78 is 11.0. The second-order valence-electron chi connectivity index (χ2n) is 8.90. The Morgan fingerprint density at radius 1 is 1.08 bits per heavy atom. The van der Waals surface area contributed by atoms with E-state index in [1.165, 1.54) is 4.90 Å². The van der Waals surface area contributed by atoms with Gasteiger partial charge in [0.2, 0.25) is 5.91 Å². The van der Waals surface area contributed by atoms with Crippen LogP contribution < -0.4 is 0 Å². The first-order valence-electron chi connectivity index (χ1n) is 9.19. The van der Waals surface area contributed by atoms with Crippen LogP contribution in [0, 0.1) is 23.7 Å². The van der Waals surface area contributed by atoms with Crippen LogP contribution in [0.1, 0.15) is 61.3 Å². The molecule has 0 spiro atoms. The smallest absolute Gasteiger partial charge is 0.417 e. The van der Waals surface area contributed by atoms with E-state index in [-0.39, 0.29) is 35.5 Å². The van der Waals surface area contributed by atoms with Crippen molar-refractivity contribution < 1.29 is 23.9 Å². The SMILES string of the molecule is CC(C)[C@@H]1C[C@@H](C2C[C@@H](C(C)C)C(=O)N2C(=O)OC(C)(C)C)OC1=O. The van der Waals surface area contributed by atoms with Crippen molar-refractivity contribution in [3.8, 4) is 0 Å². The maximum absolute atomic E-state index is 12.8. The zero-order valence-electron chi connectivity index (χ0n) is 16.4. The minimum atomic E-state index is -0.690. The highest BCUT2D eigenvalue weighted by molar-refractivity contribution is 5.96. The van der Waals surface area contributed by atoms with Crippen LogP contribution in [-0.2, 0) is 19.1 Å². The number of nitrogens with zero attached hydrogens (tertiary/aromatic N) is 1. The molecule has 0 saturated carbocycles. The zero-order chi connectivity index (χ0) is 19.1. The fourth-order valence-electron chi connectivity index (χ4n) is 3.63. The van der Waals surface area contributed by atoms with Gasteiger partial charge in [-0.25, -0.2) is 9.69 Å². The zero-order valence-corrected chi connectivity index (χ0v) is 16.4. The predicted molar refractivity (Wildman–Crippen MR) is 92.6 cm³/mol. The highest BCUT2D eigenvalue weighted by Crippen LogP contribution is 2.39. The minimum Gasteiger partial charge on any atom is -0.460 e. The van der Waals surface area contributed by atoms with E-state index in [1.807, 2.05) is 27.7 Å². The molecule has 2 fully saturated rings. The molecule has 6 heteroatoms. The van der Waals surface area contributed by atoms with E-state index < -0.39 is 23.8 Å². The summed E-state index contributed by atoms with van der Waals surface area (Å²) in [5, 5.41) is 0. The third kappa shape index (κ3) is 4.15. The van der Waals surface area contributed by atoms with Crippen LogP contribution in [0.25, 0.3) is 0 Å². The molecule has 0 aromatic rings. The fourth-order valence-corrected chi connectivity index (χ4v) is 3.63. The average Bonchev–Trinajstić information content (AvgIpc) is 2.97. The lowest BCUT2D eigenvalue weighted by Crippen LogP contribution is -2.47. The molecule has 142 valence electrons. The van der Waals surface area contributed by atoms with Gasteiger partial charge in [0.1, 0.15) is 11.7 Å². The van der Waals surface area contributed by atoms with Crippen LogP contribution in [0.4, 0.5) is 4.79 Å². The molecule has 2 aliphatic heterocycles. The number of esters is 1. The van der Waals surface area contributed by atoms with Gasteiger partial charge in [0.15, 0.2) is 0 Å². The summed E-state index contributed by atoms with van der Waals surface area (Å²) in [5.74, 6) is -0.609. The topological polar surface area (TPSA) is 72.9 Å². The van der Waals surface area contributed by atoms with Crippen molar-refractivity contribution in [2.45, 2.75) is 79.1 Å². The van der Waals surface area contributed by atoms with Gasteiger partial charge in [0.25, 0.3) is 0 Å². The number of imide groups is 1. The summed E-state index contributed by atoms with van der Waals surface area (Å²) in [4.78, 5) is 38.8. The van der Waals surface area contributed by atoms with Gasteiger partial charge in [-0.1, -0.05) is 27.7 Å². The van der Waals surface area contributed by atoms with Gasteiger partial charge in [0.05, 0.1) is 12.0 Å². The van der Waals surface area contributed by atoms with E-state index in [0.717, 1.165) is 0 Å². The molecule has 0 radical (unpaired) electrons. The molecule has 1 unspecified atom stereocenters. The van der Waals surface area contributed by atoms with Crippen LogP contribution in [0.15, 0.2) is 0 Å². The van der Waals surface area contributed by atoms with Crippen LogP contribution in [-0.4, -0.2) is 40.6 Å².